The smallest absolute Gasteiger partial charge is 0.224 e. The summed E-state index contributed by atoms with van der Waals surface area (Å²) in [5.41, 5.74) is 1.78. The number of sulfonamides is 1. The van der Waals surface area contributed by atoms with E-state index in [0.717, 1.165) is 11.4 Å². The molecular weight excluding hydrogens is 314 g/mol. The van der Waals surface area contributed by atoms with Crippen molar-refractivity contribution in [3.05, 3.63) is 24.3 Å². The van der Waals surface area contributed by atoms with Crippen LogP contribution in [-0.2, 0) is 14.8 Å². The average Bonchev–Trinajstić information content (AvgIpc) is 2.46. The number of benzene rings is 1. The highest BCUT2D eigenvalue weighted by Gasteiger charge is 2.14. The van der Waals surface area contributed by atoms with Gasteiger partial charge in [0.15, 0.2) is 0 Å². The van der Waals surface area contributed by atoms with Crippen LogP contribution in [0.3, 0.4) is 0 Å². The van der Waals surface area contributed by atoms with Crippen LogP contribution in [0.5, 0.6) is 0 Å². The van der Waals surface area contributed by atoms with Gasteiger partial charge in [-0.05, 0) is 44.9 Å². The zero-order valence-electron chi connectivity index (χ0n) is 14.3. The van der Waals surface area contributed by atoms with Crippen molar-refractivity contribution in [3.8, 4) is 0 Å². The zero-order chi connectivity index (χ0) is 17.5. The summed E-state index contributed by atoms with van der Waals surface area (Å²) in [7, 11) is 0.672. The van der Waals surface area contributed by atoms with Crippen molar-refractivity contribution >= 4 is 27.3 Å². The van der Waals surface area contributed by atoms with Crippen LogP contribution in [0.1, 0.15) is 33.1 Å². The molecule has 1 aromatic rings. The third kappa shape index (κ3) is 7.00. The molecule has 0 spiro atoms. The number of hydrogen-bond donors (Lipinski definition) is 2. The molecule has 0 saturated carbocycles. The molecule has 0 saturated heterocycles. The van der Waals surface area contributed by atoms with Crippen LogP contribution in [0.15, 0.2) is 24.3 Å². The van der Waals surface area contributed by atoms with Gasteiger partial charge in [0.25, 0.3) is 0 Å². The van der Waals surface area contributed by atoms with E-state index in [9.17, 15) is 13.2 Å². The molecule has 2 N–H and O–H groups in total. The minimum Gasteiger partial charge on any atom is -0.378 e. The highest BCUT2D eigenvalue weighted by atomic mass is 32.2. The topological polar surface area (TPSA) is 78.5 Å². The Kier molecular flexibility index (Phi) is 7.51. The molecule has 1 aromatic carbocycles. The molecule has 23 heavy (non-hydrogen) atoms. The molecule has 0 atom stereocenters. The first-order chi connectivity index (χ1) is 10.7. The molecule has 0 fully saturated rings. The predicted octanol–water partition coefficient (Wildman–Crippen LogP) is 2.19. The fourth-order valence-corrected chi connectivity index (χ4v) is 2.64. The maximum absolute atomic E-state index is 11.9. The van der Waals surface area contributed by atoms with Crippen molar-refractivity contribution in [2.45, 2.75) is 38.4 Å². The summed E-state index contributed by atoms with van der Waals surface area (Å²) in [5.74, 6) is -0.0624. The molecule has 0 bridgehead atoms. The predicted molar refractivity (Wildman–Crippen MR) is 95.3 cm³/mol. The van der Waals surface area contributed by atoms with E-state index in [1.807, 2.05) is 43.3 Å². The highest BCUT2D eigenvalue weighted by Crippen LogP contribution is 2.17. The van der Waals surface area contributed by atoms with E-state index < -0.39 is 15.3 Å². The normalized spacial score (nSPS) is 11.5. The number of hydrogen-bond acceptors (Lipinski definition) is 4. The Balaban J connectivity index is 2.31. The Morgan fingerprint density at radius 1 is 1.22 bits per heavy atom. The van der Waals surface area contributed by atoms with E-state index >= 15 is 0 Å². The molecule has 6 nitrogen and oxygen atoms in total. The van der Waals surface area contributed by atoms with E-state index in [4.69, 9.17) is 0 Å². The van der Waals surface area contributed by atoms with Crippen molar-refractivity contribution in [3.63, 3.8) is 0 Å². The van der Waals surface area contributed by atoms with E-state index in [2.05, 4.69) is 10.0 Å². The van der Waals surface area contributed by atoms with Crippen LogP contribution in [0.25, 0.3) is 0 Å². The number of nitrogens with zero attached hydrogens (tertiary/aromatic N) is 1. The molecule has 0 aliphatic carbocycles. The van der Waals surface area contributed by atoms with Crippen LogP contribution in [0, 0.1) is 0 Å². The second kappa shape index (κ2) is 8.88. The fourth-order valence-electron chi connectivity index (χ4n) is 1.88. The van der Waals surface area contributed by atoms with Gasteiger partial charge in [-0.1, -0.05) is 6.07 Å². The lowest BCUT2D eigenvalue weighted by atomic mass is 10.2. The van der Waals surface area contributed by atoms with Gasteiger partial charge in [0, 0.05) is 38.4 Å². The Bertz CT molecular complexity index is 613. The number of unbranched alkanes of at least 4 members (excludes halogenated alkanes) is 1. The summed E-state index contributed by atoms with van der Waals surface area (Å²) in [6.45, 7) is 3.64. The first kappa shape index (κ1) is 19.4. The molecule has 0 aliphatic rings. The van der Waals surface area contributed by atoms with Crippen molar-refractivity contribution in [1.82, 2.24) is 4.72 Å². The van der Waals surface area contributed by atoms with Gasteiger partial charge in [0.1, 0.15) is 0 Å². The average molecular weight is 341 g/mol. The van der Waals surface area contributed by atoms with E-state index in [1.165, 1.54) is 0 Å². The van der Waals surface area contributed by atoms with Crippen LogP contribution in [0.2, 0.25) is 0 Å². The standard InChI is InChI=1S/C16H27N3O3S/c1-13(2)23(21,22)17-11-6-5-10-16(20)18-14-8-7-9-15(12-14)19(3)4/h7-9,12-13,17H,5-6,10-11H2,1-4H3,(H,18,20). The van der Waals surface area contributed by atoms with Crippen LogP contribution < -0.4 is 14.9 Å². The minimum absolute atomic E-state index is 0.0624. The number of carbonyl (C=O) groups excluding carboxylic acids is 1. The van der Waals surface area contributed by atoms with Gasteiger partial charge < -0.3 is 10.2 Å². The van der Waals surface area contributed by atoms with Gasteiger partial charge in [0.2, 0.25) is 15.9 Å². The summed E-state index contributed by atoms with van der Waals surface area (Å²) in [6.07, 6.45) is 1.65. The van der Waals surface area contributed by atoms with Gasteiger partial charge >= 0.3 is 0 Å². The van der Waals surface area contributed by atoms with E-state index in [-0.39, 0.29) is 5.91 Å². The fraction of sp³-hybridized carbons (Fsp3) is 0.562. The van der Waals surface area contributed by atoms with Crippen molar-refractivity contribution in [2.75, 3.05) is 30.9 Å². The van der Waals surface area contributed by atoms with E-state index in [1.54, 1.807) is 13.8 Å². The van der Waals surface area contributed by atoms with Gasteiger partial charge in [-0.25, -0.2) is 13.1 Å². The van der Waals surface area contributed by atoms with Gasteiger partial charge in [-0.15, -0.1) is 0 Å². The van der Waals surface area contributed by atoms with Crippen LogP contribution in [0.4, 0.5) is 11.4 Å². The molecule has 7 heteroatoms. The molecule has 0 aromatic heterocycles. The Morgan fingerprint density at radius 3 is 2.52 bits per heavy atom. The largest absolute Gasteiger partial charge is 0.378 e. The second-order valence-corrected chi connectivity index (χ2v) is 8.26. The molecule has 1 amide bonds. The van der Waals surface area contributed by atoms with Crippen molar-refractivity contribution in [1.29, 1.82) is 0 Å². The molecule has 1 rings (SSSR count). The lowest BCUT2D eigenvalue weighted by Crippen LogP contribution is -2.31. The molecular formula is C16H27N3O3S. The summed E-state index contributed by atoms with van der Waals surface area (Å²) in [6, 6.07) is 7.62. The molecule has 0 radical (unpaired) electrons. The zero-order valence-corrected chi connectivity index (χ0v) is 15.1. The van der Waals surface area contributed by atoms with Crippen LogP contribution in [-0.4, -0.2) is 40.2 Å². The number of amides is 1. The Morgan fingerprint density at radius 2 is 1.91 bits per heavy atom. The first-order valence-corrected chi connectivity index (χ1v) is 9.32. The third-order valence-corrected chi connectivity index (χ3v) is 5.25. The number of carbonyl (C=O) groups is 1. The number of anilines is 2. The maximum atomic E-state index is 11.9. The summed E-state index contributed by atoms with van der Waals surface area (Å²) >= 11 is 0. The second-order valence-electron chi connectivity index (χ2n) is 5.94. The summed E-state index contributed by atoms with van der Waals surface area (Å²) < 4.78 is 25.7. The van der Waals surface area contributed by atoms with Gasteiger partial charge in [-0.3, -0.25) is 4.79 Å². The monoisotopic (exact) mass is 341 g/mol. The number of nitrogens with one attached hydrogen (secondary N) is 2. The Labute approximate surface area is 139 Å². The van der Waals surface area contributed by atoms with Gasteiger partial charge in [-0.2, -0.15) is 0 Å². The van der Waals surface area contributed by atoms with Gasteiger partial charge in [0.05, 0.1) is 5.25 Å². The lowest BCUT2D eigenvalue weighted by molar-refractivity contribution is -0.116. The van der Waals surface area contributed by atoms with Crippen LogP contribution >= 0.6 is 0 Å². The number of rotatable bonds is 9. The first-order valence-electron chi connectivity index (χ1n) is 7.78. The molecule has 130 valence electrons. The Hall–Kier alpha value is -1.60. The molecule has 0 unspecified atom stereocenters. The third-order valence-electron chi connectivity index (χ3n) is 3.40. The highest BCUT2D eigenvalue weighted by molar-refractivity contribution is 7.90. The minimum atomic E-state index is -3.22. The molecule has 0 aliphatic heterocycles. The summed E-state index contributed by atoms with van der Waals surface area (Å²) in [5, 5.41) is 2.42. The maximum Gasteiger partial charge on any atom is 0.224 e. The quantitative estimate of drug-likeness (QED) is 0.675. The van der Waals surface area contributed by atoms with Crippen molar-refractivity contribution in [2.24, 2.45) is 0 Å². The SMILES string of the molecule is CC(C)S(=O)(=O)NCCCCC(=O)Nc1cccc(N(C)C)c1. The summed E-state index contributed by atoms with van der Waals surface area (Å²) in [4.78, 5) is 13.9. The molecule has 0 heterocycles. The van der Waals surface area contributed by atoms with E-state index in [0.29, 0.717) is 25.8 Å². The van der Waals surface area contributed by atoms with Crippen molar-refractivity contribution < 1.29 is 13.2 Å². The lowest BCUT2D eigenvalue weighted by Gasteiger charge is -2.14.